The van der Waals surface area contributed by atoms with Crippen molar-refractivity contribution >= 4 is 40.5 Å². The van der Waals surface area contributed by atoms with Crippen molar-refractivity contribution in [1.29, 1.82) is 0 Å². The van der Waals surface area contributed by atoms with Crippen LogP contribution >= 0.6 is 35.3 Å². The standard InChI is InChI=1S/C27H30ClFN2O2S.ClH/c1-7-9-24(19-10-11-20(16-32-5)23(29)14-19)31(12-8-2)27-30-26(18(4)34-27)21-13-17(3)25(33-6)15-22(21)28;/h2,10-11,13-15,24H,7,9,12,16H2,1,3-6H3;1H/t24-;/m0./s1. The van der Waals surface area contributed by atoms with Crippen LogP contribution in [0.1, 0.15) is 47.4 Å². The van der Waals surface area contributed by atoms with Crippen molar-refractivity contribution < 1.29 is 13.9 Å². The van der Waals surface area contributed by atoms with Crippen molar-refractivity contribution in [3.05, 3.63) is 62.7 Å². The van der Waals surface area contributed by atoms with Gasteiger partial charge in [-0.25, -0.2) is 9.37 Å². The number of hydrogen-bond donors (Lipinski definition) is 0. The topological polar surface area (TPSA) is 34.6 Å². The zero-order chi connectivity index (χ0) is 24.8. The first kappa shape index (κ1) is 28.9. The van der Waals surface area contributed by atoms with Gasteiger partial charge in [0.2, 0.25) is 0 Å². The van der Waals surface area contributed by atoms with Gasteiger partial charge in [-0.3, -0.25) is 0 Å². The van der Waals surface area contributed by atoms with Gasteiger partial charge < -0.3 is 14.4 Å². The lowest BCUT2D eigenvalue weighted by atomic mass is 9.99. The van der Waals surface area contributed by atoms with Crippen LogP contribution in [0.25, 0.3) is 11.3 Å². The van der Waals surface area contributed by atoms with Gasteiger partial charge in [0.05, 0.1) is 37.0 Å². The Morgan fingerprint density at radius 2 is 1.97 bits per heavy atom. The molecule has 0 aliphatic rings. The number of thiazole rings is 1. The van der Waals surface area contributed by atoms with Crippen LogP contribution in [0.2, 0.25) is 5.02 Å². The number of aryl methyl sites for hydroxylation is 2. The third-order valence-electron chi connectivity index (χ3n) is 5.73. The number of ether oxygens (including phenoxy) is 2. The highest BCUT2D eigenvalue weighted by atomic mass is 35.5. The van der Waals surface area contributed by atoms with Gasteiger partial charge in [0.15, 0.2) is 5.13 Å². The number of anilines is 1. The molecule has 1 atom stereocenters. The molecule has 1 aromatic heterocycles. The number of aromatic nitrogens is 1. The van der Waals surface area contributed by atoms with Crippen molar-refractivity contribution in [3.8, 4) is 29.4 Å². The number of benzene rings is 2. The summed E-state index contributed by atoms with van der Waals surface area (Å²) in [7, 11) is 3.18. The van der Waals surface area contributed by atoms with E-state index in [1.807, 2.05) is 32.0 Å². The van der Waals surface area contributed by atoms with Gasteiger partial charge in [0.1, 0.15) is 11.6 Å². The fourth-order valence-electron chi connectivity index (χ4n) is 4.05. The zero-order valence-corrected chi connectivity index (χ0v) is 23.0. The Bertz CT molecular complexity index is 1190. The molecule has 188 valence electrons. The fourth-order valence-corrected chi connectivity index (χ4v) is 5.26. The lowest BCUT2D eigenvalue weighted by Gasteiger charge is -2.30. The molecular weight excluding hydrogens is 506 g/mol. The van der Waals surface area contributed by atoms with E-state index in [1.54, 1.807) is 37.7 Å². The normalized spacial score (nSPS) is 11.5. The van der Waals surface area contributed by atoms with Crippen LogP contribution in [0, 0.1) is 32.0 Å². The molecule has 8 heteroatoms. The first-order valence-corrected chi connectivity index (χ1v) is 12.3. The maximum atomic E-state index is 14.7. The number of rotatable bonds is 10. The van der Waals surface area contributed by atoms with Crippen LogP contribution in [-0.2, 0) is 11.3 Å². The molecule has 0 aliphatic carbocycles. The van der Waals surface area contributed by atoms with E-state index in [0.29, 0.717) is 17.1 Å². The first-order chi connectivity index (χ1) is 16.3. The van der Waals surface area contributed by atoms with Gasteiger partial charge in [-0.15, -0.1) is 30.2 Å². The van der Waals surface area contributed by atoms with Crippen LogP contribution in [0.4, 0.5) is 9.52 Å². The van der Waals surface area contributed by atoms with Crippen molar-refractivity contribution in [2.75, 3.05) is 25.7 Å². The Morgan fingerprint density at radius 1 is 1.23 bits per heavy atom. The lowest BCUT2D eigenvalue weighted by molar-refractivity contribution is 0.181. The third kappa shape index (κ3) is 6.48. The molecule has 3 rings (SSSR count). The number of halogens is 3. The molecule has 0 amide bonds. The minimum Gasteiger partial charge on any atom is -0.496 e. The molecule has 35 heavy (non-hydrogen) atoms. The van der Waals surface area contributed by atoms with Crippen LogP contribution in [0.3, 0.4) is 0 Å². The Kier molecular flexibility index (Phi) is 10.9. The summed E-state index contributed by atoms with van der Waals surface area (Å²) in [6.45, 7) is 6.69. The lowest BCUT2D eigenvalue weighted by Crippen LogP contribution is -2.29. The molecule has 0 radical (unpaired) electrons. The second-order valence-corrected chi connectivity index (χ2v) is 9.71. The summed E-state index contributed by atoms with van der Waals surface area (Å²) in [5, 5.41) is 1.36. The van der Waals surface area contributed by atoms with E-state index in [4.69, 9.17) is 32.5 Å². The fraction of sp³-hybridized carbons (Fsp3) is 0.370. The third-order valence-corrected chi connectivity index (χ3v) is 7.05. The molecule has 0 fully saturated rings. The van der Waals surface area contributed by atoms with E-state index >= 15 is 0 Å². The zero-order valence-electron chi connectivity index (χ0n) is 20.7. The minimum absolute atomic E-state index is 0. The van der Waals surface area contributed by atoms with Crippen LogP contribution in [0.15, 0.2) is 30.3 Å². The van der Waals surface area contributed by atoms with Gasteiger partial charge >= 0.3 is 0 Å². The number of methoxy groups -OCH3 is 2. The van der Waals surface area contributed by atoms with E-state index in [-0.39, 0.29) is 30.9 Å². The SMILES string of the molecule is C#CCN(c1nc(-c2cc(C)c(OC)cc2Cl)c(C)s1)[C@@H](CCC)c1ccc(COC)c(F)c1.Cl. The molecule has 0 saturated heterocycles. The highest BCUT2D eigenvalue weighted by Crippen LogP contribution is 2.41. The summed E-state index contributed by atoms with van der Waals surface area (Å²) in [6, 6.07) is 9.01. The Labute approximate surface area is 222 Å². The highest BCUT2D eigenvalue weighted by Gasteiger charge is 2.25. The largest absolute Gasteiger partial charge is 0.496 e. The van der Waals surface area contributed by atoms with Gasteiger partial charge in [-0.1, -0.05) is 43.0 Å². The molecule has 0 unspecified atom stereocenters. The maximum absolute atomic E-state index is 14.7. The first-order valence-electron chi connectivity index (χ1n) is 11.1. The molecule has 1 heterocycles. The summed E-state index contributed by atoms with van der Waals surface area (Å²) in [5.74, 6) is 3.22. The molecule has 2 aromatic carbocycles. The quantitative estimate of drug-likeness (QED) is 0.248. The average Bonchev–Trinajstić information content (AvgIpc) is 3.19. The molecule has 0 bridgehead atoms. The van der Waals surface area contributed by atoms with Crippen LogP contribution in [-0.4, -0.2) is 25.7 Å². The summed E-state index contributed by atoms with van der Waals surface area (Å²) in [6.07, 6.45) is 7.48. The van der Waals surface area contributed by atoms with E-state index in [2.05, 4.69) is 17.7 Å². The highest BCUT2D eigenvalue weighted by molar-refractivity contribution is 7.16. The van der Waals surface area contributed by atoms with Gasteiger partial charge in [0, 0.05) is 23.1 Å². The summed E-state index contributed by atoms with van der Waals surface area (Å²) >= 11 is 8.15. The Balaban J connectivity index is 0.00000432. The van der Waals surface area contributed by atoms with Crippen LogP contribution < -0.4 is 9.64 Å². The summed E-state index contributed by atoms with van der Waals surface area (Å²) in [5.41, 5.74) is 4.04. The van der Waals surface area contributed by atoms with Gasteiger partial charge in [-0.2, -0.15) is 0 Å². The average molecular weight is 538 g/mol. The predicted octanol–water partition coefficient (Wildman–Crippen LogP) is 7.78. The molecule has 0 spiro atoms. The van der Waals surface area contributed by atoms with E-state index in [9.17, 15) is 4.39 Å². The van der Waals surface area contributed by atoms with E-state index in [1.165, 1.54) is 0 Å². The molecule has 3 aromatic rings. The summed E-state index contributed by atoms with van der Waals surface area (Å²) in [4.78, 5) is 8.08. The molecule has 4 nitrogen and oxygen atoms in total. The molecule has 0 saturated carbocycles. The van der Waals surface area contributed by atoms with Gasteiger partial charge in [0.25, 0.3) is 0 Å². The number of terminal acetylenes is 1. The number of hydrogen-bond acceptors (Lipinski definition) is 5. The summed E-state index contributed by atoms with van der Waals surface area (Å²) < 4.78 is 25.2. The smallest absolute Gasteiger partial charge is 0.187 e. The second-order valence-electron chi connectivity index (χ2n) is 8.12. The van der Waals surface area contributed by atoms with Gasteiger partial charge in [-0.05, 0) is 49.6 Å². The predicted molar refractivity (Wildman–Crippen MR) is 147 cm³/mol. The van der Waals surface area contributed by atoms with E-state index < -0.39 is 0 Å². The monoisotopic (exact) mass is 536 g/mol. The van der Waals surface area contributed by atoms with Crippen molar-refractivity contribution in [1.82, 2.24) is 4.98 Å². The minimum atomic E-state index is -0.280. The Hall–Kier alpha value is -2.30. The maximum Gasteiger partial charge on any atom is 0.187 e. The van der Waals surface area contributed by atoms with Crippen molar-refractivity contribution in [2.24, 2.45) is 0 Å². The van der Waals surface area contributed by atoms with Crippen molar-refractivity contribution in [2.45, 2.75) is 46.3 Å². The molecule has 0 aliphatic heterocycles. The van der Waals surface area contributed by atoms with Crippen molar-refractivity contribution in [3.63, 3.8) is 0 Å². The molecule has 0 N–H and O–H groups in total. The molecular formula is C27H31Cl2FN2O2S. The second kappa shape index (κ2) is 13.1. The van der Waals surface area contributed by atoms with Crippen LogP contribution in [0.5, 0.6) is 5.75 Å². The Morgan fingerprint density at radius 3 is 2.57 bits per heavy atom. The van der Waals surface area contributed by atoms with E-state index in [0.717, 1.165) is 51.0 Å². The number of nitrogens with zero attached hydrogens (tertiary/aromatic N) is 2.